The first-order valence-electron chi connectivity index (χ1n) is 5.93. The van der Waals surface area contributed by atoms with Crippen LogP contribution in [-0.2, 0) is 0 Å². The average molecular weight is 204 g/mol. The summed E-state index contributed by atoms with van der Waals surface area (Å²) in [6, 6.07) is 0.547. The Morgan fingerprint density at radius 3 is 2.67 bits per heavy atom. The number of hydrogen-bond acceptors (Lipinski definition) is 2. The fraction of sp³-hybridized carbons (Fsp3) is 0.667. The molecule has 1 aromatic rings. The van der Waals surface area contributed by atoms with E-state index >= 15 is 0 Å². The predicted octanol–water partition coefficient (Wildman–Crippen LogP) is 2.59. The molecule has 0 bridgehead atoms. The van der Waals surface area contributed by atoms with Gasteiger partial charge < -0.3 is 0 Å². The van der Waals surface area contributed by atoms with Gasteiger partial charge in [-0.25, -0.2) is 0 Å². The molecular weight excluding hydrogens is 188 g/mol. The van der Waals surface area contributed by atoms with Crippen molar-refractivity contribution in [3.05, 3.63) is 18.0 Å². The van der Waals surface area contributed by atoms with Crippen LogP contribution >= 0.6 is 0 Å². The number of hydrogen-bond donors (Lipinski definition) is 0. The summed E-state index contributed by atoms with van der Waals surface area (Å²) >= 11 is 0. The quantitative estimate of drug-likeness (QED) is 0.709. The lowest BCUT2D eigenvalue weighted by molar-refractivity contribution is 0.0967. The summed E-state index contributed by atoms with van der Waals surface area (Å²) in [4.78, 5) is 11.8. The topological polar surface area (TPSA) is 34.9 Å². The highest BCUT2D eigenvalue weighted by Crippen LogP contribution is 2.33. The van der Waals surface area contributed by atoms with E-state index in [1.54, 1.807) is 6.20 Å². The molecule has 0 atom stereocenters. The van der Waals surface area contributed by atoms with Gasteiger partial charge in [-0.15, -0.1) is 0 Å². The molecule has 1 aromatic heterocycles. The minimum atomic E-state index is 0.305. The highest BCUT2D eigenvalue weighted by Gasteiger charge is 2.31. The Morgan fingerprint density at radius 1 is 1.27 bits per heavy atom. The number of rotatable bonds is 3. The number of carbonyl (C=O) groups excluding carboxylic acids is 1. The second kappa shape index (κ2) is 3.47. The van der Waals surface area contributed by atoms with E-state index in [0.29, 0.717) is 17.7 Å². The van der Waals surface area contributed by atoms with E-state index in [1.165, 1.54) is 25.7 Å². The van der Waals surface area contributed by atoms with Gasteiger partial charge in [0.2, 0.25) is 0 Å². The molecule has 15 heavy (non-hydrogen) atoms. The van der Waals surface area contributed by atoms with Gasteiger partial charge in [-0.3, -0.25) is 9.48 Å². The Morgan fingerprint density at radius 2 is 2.00 bits per heavy atom. The predicted molar refractivity (Wildman–Crippen MR) is 56.8 cm³/mol. The standard InChI is InChI=1S/C12H16N2O/c15-12(9-5-6-9)10-7-13-14(8-10)11-3-1-2-4-11/h7-9,11H,1-6H2. The van der Waals surface area contributed by atoms with E-state index in [2.05, 4.69) is 5.10 Å². The van der Waals surface area contributed by atoms with Crippen LogP contribution in [0.15, 0.2) is 12.4 Å². The molecule has 0 unspecified atom stereocenters. The van der Waals surface area contributed by atoms with Gasteiger partial charge in [0.1, 0.15) is 0 Å². The van der Waals surface area contributed by atoms with Crippen molar-refractivity contribution in [1.29, 1.82) is 0 Å². The molecule has 2 aliphatic carbocycles. The van der Waals surface area contributed by atoms with Gasteiger partial charge in [-0.2, -0.15) is 5.10 Å². The van der Waals surface area contributed by atoms with Crippen molar-refractivity contribution in [2.45, 2.75) is 44.6 Å². The molecule has 0 aromatic carbocycles. The highest BCUT2D eigenvalue weighted by atomic mass is 16.1. The zero-order valence-electron chi connectivity index (χ0n) is 8.85. The molecule has 2 fully saturated rings. The van der Waals surface area contributed by atoms with Crippen LogP contribution in [0.1, 0.15) is 54.9 Å². The monoisotopic (exact) mass is 204 g/mol. The highest BCUT2D eigenvalue weighted by molar-refractivity contribution is 5.98. The maximum Gasteiger partial charge on any atom is 0.169 e. The van der Waals surface area contributed by atoms with E-state index < -0.39 is 0 Å². The van der Waals surface area contributed by atoms with Crippen LogP contribution in [0.25, 0.3) is 0 Å². The molecule has 2 aliphatic rings. The summed E-state index contributed by atoms with van der Waals surface area (Å²) in [5.41, 5.74) is 0.824. The van der Waals surface area contributed by atoms with Crippen molar-refractivity contribution in [1.82, 2.24) is 9.78 Å². The number of Topliss-reactive ketones (excluding diaryl/α,β-unsaturated/α-hetero) is 1. The summed E-state index contributed by atoms with van der Waals surface area (Å²) < 4.78 is 2.00. The molecule has 0 N–H and O–H groups in total. The van der Waals surface area contributed by atoms with Gasteiger partial charge in [-0.05, 0) is 25.7 Å². The van der Waals surface area contributed by atoms with E-state index in [1.807, 2.05) is 10.9 Å². The zero-order valence-corrected chi connectivity index (χ0v) is 8.85. The molecule has 0 saturated heterocycles. The minimum Gasteiger partial charge on any atom is -0.294 e. The Bertz CT molecular complexity index is 373. The molecule has 0 aliphatic heterocycles. The van der Waals surface area contributed by atoms with E-state index in [-0.39, 0.29) is 0 Å². The normalized spacial score (nSPS) is 22.1. The van der Waals surface area contributed by atoms with E-state index in [0.717, 1.165) is 18.4 Å². The number of aromatic nitrogens is 2. The van der Waals surface area contributed by atoms with Crippen molar-refractivity contribution >= 4 is 5.78 Å². The summed E-state index contributed by atoms with van der Waals surface area (Å²) in [7, 11) is 0. The third-order valence-electron chi connectivity index (χ3n) is 3.53. The van der Waals surface area contributed by atoms with Gasteiger partial charge >= 0.3 is 0 Å². The molecule has 1 heterocycles. The van der Waals surface area contributed by atoms with Gasteiger partial charge in [0.25, 0.3) is 0 Å². The van der Waals surface area contributed by atoms with E-state index in [4.69, 9.17) is 0 Å². The molecule has 0 amide bonds. The fourth-order valence-electron chi connectivity index (χ4n) is 2.41. The lowest BCUT2D eigenvalue weighted by Crippen LogP contribution is -2.05. The summed E-state index contributed by atoms with van der Waals surface area (Å²) in [6.45, 7) is 0. The first-order valence-corrected chi connectivity index (χ1v) is 5.93. The minimum absolute atomic E-state index is 0.305. The SMILES string of the molecule is O=C(c1cnn(C2CCCC2)c1)C1CC1. The fourth-order valence-corrected chi connectivity index (χ4v) is 2.41. The Kier molecular flexibility index (Phi) is 2.11. The van der Waals surface area contributed by atoms with Crippen LogP contribution in [0.2, 0.25) is 0 Å². The van der Waals surface area contributed by atoms with Crippen LogP contribution in [0.3, 0.4) is 0 Å². The van der Waals surface area contributed by atoms with Crippen molar-refractivity contribution in [3.63, 3.8) is 0 Å². The molecule has 3 rings (SSSR count). The largest absolute Gasteiger partial charge is 0.294 e. The van der Waals surface area contributed by atoms with Crippen molar-refractivity contribution in [2.24, 2.45) is 5.92 Å². The number of carbonyl (C=O) groups is 1. The van der Waals surface area contributed by atoms with Crippen LogP contribution in [-0.4, -0.2) is 15.6 Å². The number of nitrogens with zero attached hydrogens (tertiary/aromatic N) is 2. The maximum atomic E-state index is 11.8. The first kappa shape index (κ1) is 9.13. The maximum absolute atomic E-state index is 11.8. The molecule has 80 valence electrons. The van der Waals surface area contributed by atoms with Gasteiger partial charge in [0.05, 0.1) is 17.8 Å². The third kappa shape index (κ3) is 1.71. The Balaban J connectivity index is 1.77. The lowest BCUT2D eigenvalue weighted by Gasteiger charge is -2.08. The van der Waals surface area contributed by atoms with Crippen LogP contribution in [0.4, 0.5) is 0 Å². The van der Waals surface area contributed by atoms with Crippen molar-refractivity contribution in [3.8, 4) is 0 Å². The van der Waals surface area contributed by atoms with Crippen LogP contribution in [0.5, 0.6) is 0 Å². The summed E-state index contributed by atoms with van der Waals surface area (Å²) in [5, 5.41) is 4.33. The van der Waals surface area contributed by atoms with Crippen LogP contribution < -0.4 is 0 Å². The Hall–Kier alpha value is -1.12. The molecular formula is C12H16N2O. The summed E-state index contributed by atoms with van der Waals surface area (Å²) in [6.07, 6.45) is 10.9. The first-order chi connectivity index (χ1) is 7.34. The summed E-state index contributed by atoms with van der Waals surface area (Å²) in [5.74, 6) is 0.616. The average Bonchev–Trinajstić information content (AvgIpc) is 2.80. The molecule has 3 heteroatoms. The van der Waals surface area contributed by atoms with Gasteiger partial charge in [0, 0.05) is 12.1 Å². The van der Waals surface area contributed by atoms with E-state index in [9.17, 15) is 4.79 Å². The second-order valence-corrected chi connectivity index (χ2v) is 4.79. The molecule has 3 nitrogen and oxygen atoms in total. The number of ketones is 1. The van der Waals surface area contributed by atoms with Gasteiger partial charge in [0.15, 0.2) is 5.78 Å². The van der Waals surface area contributed by atoms with Crippen LogP contribution in [0, 0.1) is 5.92 Å². The molecule has 0 radical (unpaired) electrons. The smallest absolute Gasteiger partial charge is 0.169 e. The van der Waals surface area contributed by atoms with Gasteiger partial charge in [-0.1, -0.05) is 12.8 Å². The third-order valence-corrected chi connectivity index (χ3v) is 3.53. The molecule has 0 spiro atoms. The Labute approximate surface area is 89.5 Å². The van der Waals surface area contributed by atoms with Crippen molar-refractivity contribution in [2.75, 3.05) is 0 Å². The lowest BCUT2D eigenvalue weighted by atomic mass is 10.1. The zero-order chi connectivity index (χ0) is 10.3. The van der Waals surface area contributed by atoms with Crippen molar-refractivity contribution < 1.29 is 4.79 Å². The second-order valence-electron chi connectivity index (χ2n) is 4.79. The molecule has 2 saturated carbocycles.